The molecule has 0 spiro atoms. The van der Waals surface area contributed by atoms with Crippen molar-refractivity contribution >= 4 is 5.78 Å². The Bertz CT molecular complexity index is 577. The molecule has 18 heavy (non-hydrogen) atoms. The monoisotopic (exact) mass is 244 g/mol. The lowest BCUT2D eigenvalue weighted by Crippen LogP contribution is -1.97. The number of rotatable bonds is 2. The Morgan fingerprint density at radius 3 is 2.22 bits per heavy atom. The maximum Gasteiger partial charge on any atom is 0.163 e. The highest BCUT2D eigenvalue weighted by molar-refractivity contribution is 5.99. The van der Waals surface area contributed by atoms with Gasteiger partial charge in [-0.3, -0.25) is 4.79 Å². The van der Waals surface area contributed by atoms with Crippen molar-refractivity contribution in [3.05, 3.63) is 53.3 Å². The Labute approximate surface area is 105 Å². The van der Waals surface area contributed by atoms with Crippen LogP contribution in [0.25, 0.3) is 11.1 Å². The molecule has 0 unspecified atom stereocenters. The summed E-state index contributed by atoms with van der Waals surface area (Å²) in [7, 11) is 0. The minimum atomic E-state index is -0.306. The second kappa shape index (κ2) is 4.61. The lowest BCUT2D eigenvalue weighted by molar-refractivity contribution is 0.101. The van der Waals surface area contributed by atoms with E-state index in [4.69, 9.17) is 0 Å². The predicted octanol–water partition coefficient (Wildman–Crippen LogP) is 3.71. The topological polar surface area (TPSA) is 37.3 Å². The molecule has 1 N–H and O–H groups in total. The zero-order valence-corrected chi connectivity index (χ0v) is 10.2. The number of phenolic OH excluding ortho intramolecular Hbond substituents is 1. The summed E-state index contributed by atoms with van der Waals surface area (Å²) in [5.41, 5.74) is 2.60. The summed E-state index contributed by atoms with van der Waals surface area (Å²) in [4.78, 5) is 11.4. The third-order valence-corrected chi connectivity index (χ3v) is 2.84. The Balaban J connectivity index is 2.54. The Kier molecular flexibility index (Phi) is 3.15. The van der Waals surface area contributed by atoms with Crippen LogP contribution in [0.1, 0.15) is 22.8 Å². The van der Waals surface area contributed by atoms with Gasteiger partial charge in [0.25, 0.3) is 0 Å². The molecule has 0 radical (unpaired) electrons. The SMILES string of the molecule is CC(=O)c1c(C)cc(-c2ccc(F)cc2)cc1O. The van der Waals surface area contributed by atoms with E-state index in [0.717, 1.165) is 11.1 Å². The van der Waals surface area contributed by atoms with Crippen molar-refractivity contribution in [3.63, 3.8) is 0 Å². The van der Waals surface area contributed by atoms with E-state index in [0.29, 0.717) is 11.1 Å². The van der Waals surface area contributed by atoms with Crippen LogP contribution in [0.15, 0.2) is 36.4 Å². The van der Waals surface area contributed by atoms with Crippen LogP contribution >= 0.6 is 0 Å². The van der Waals surface area contributed by atoms with Crippen molar-refractivity contribution in [1.82, 2.24) is 0 Å². The first-order chi connectivity index (χ1) is 8.49. The average molecular weight is 244 g/mol. The number of aryl methyl sites for hydroxylation is 1. The molecular weight excluding hydrogens is 231 g/mol. The Morgan fingerprint density at radius 1 is 1.11 bits per heavy atom. The molecule has 2 nitrogen and oxygen atoms in total. The second-order valence-corrected chi connectivity index (χ2v) is 4.25. The molecule has 0 fully saturated rings. The molecule has 0 aliphatic carbocycles. The number of benzene rings is 2. The van der Waals surface area contributed by atoms with Gasteiger partial charge in [-0.1, -0.05) is 18.2 Å². The third-order valence-electron chi connectivity index (χ3n) is 2.84. The van der Waals surface area contributed by atoms with Gasteiger partial charge in [0.2, 0.25) is 0 Å². The van der Waals surface area contributed by atoms with Gasteiger partial charge in [-0.25, -0.2) is 4.39 Å². The summed E-state index contributed by atoms with van der Waals surface area (Å²) in [5, 5.41) is 9.86. The standard InChI is InChI=1S/C15H13FO2/c1-9-7-12(8-14(18)15(9)10(2)17)11-3-5-13(16)6-4-11/h3-8,18H,1-2H3. The first-order valence-corrected chi connectivity index (χ1v) is 5.59. The number of hydrogen-bond donors (Lipinski definition) is 1. The van der Waals surface area contributed by atoms with Crippen LogP contribution in [0, 0.1) is 12.7 Å². The van der Waals surface area contributed by atoms with Crippen molar-refractivity contribution < 1.29 is 14.3 Å². The van der Waals surface area contributed by atoms with Crippen LogP contribution in [0.4, 0.5) is 4.39 Å². The van der Waals surface area contributed by atoms with Crippen molar-refractivity contribution in [2.75, 3.05) is 0 Å². The second-order valence-electron chi connectivity index (χ2n) is 4.25. The lowest BCUT2D eigenvalue weighted by atomic mass is 9.97. The van der Waals surface area contributed by atoms with E-state index in [9.17, 15) is 14.3 Å². The maximum absolute atomic E-state index is 12.8. The zero-order valence-electron chi connectivity index (χ0n) is 10.2. The fourth-order valence-electron chi connectivity index (χ4n) is 2.04. The van der Waals surface area contributed by atoms with Crippen LogP contribution in [-0.2, 0) is 0 Å². The molecule has 0 aliphatic rings. The van der Waals surface area contributed by atoms with E-state index in [-0.39, 0.29) is 17.3 Å². The van der Waals surface area contributed by atoms with Crippen LogP contribution < -0.4 is 0 Å². The van der Waals surface area contributed by atoms with Crippen LogP contribution in [0.3, 0.4) is 0 Å². The number of halogens is 1. The van der Waals surface area contributed by atoms with Gasteiger partial charge in [0, 0.05) is 0 Å². The first-order valence-electron chi connectivity index (χ1n) is 5.59. The van der Waals surface area contributed by atoms with E-state index < -0.39 is 0 Å². The highest BCUT2D eigenvalue weighted by Gasteiger charge is 2.12. The zero-order chi connectivity index (χ0) is 13.3. The average Bonchev–Trinajstić information content (AvgIpc) is 2.28. The minimum Gasteiger partial charge on any atom is -0.507 e. The number of carbonyl (C=O) groups excluding carboxylic acids is 1. The molecule has 0 aliphatic heterocycles. The van der Waals surface area contributed by atoms with E-state index in [1.807, 2.05) is 6.07 Å². The Morgan fingerprint density at radius 2 is 1.72 bits per heavy atom. The summed E-state index contributed by atoms with van der Waals surface area (Å²) in [5.74, 6) is -0.516. The highest BCUT2D eigenvalue weighted by Crippen LogP contribution is 2.29. The maximum atomic E-state index is 12.8. The van der Waals surface area contributed by atoms with Crippen molar-refractivity contribution in [2.45, 2.75) is 13.8 Å². The third kappa shape index (κ3) is 2.25. The molecule has 3 heteroatoms. The molecule has 2 rings (SSSR count). The number of ketones is 1. The van der Waals surface area contributed by atoms with E-state index >= 15 is 0 Å². The molecule has 0 saturated heterocycles. The van der Waals surface area contributed by atoms with E-state index in [1.165, 1.54) is 25.1 Å². The molecule has 2 aromatic rings. The highest BCUT2D eigenvalue weighted by atomic mass is 19.1. The molecule has 0 saturated carbocycles. The predicted molar refractivity (Wildman–Crippen MR) is 68.2 cm³/mol. The number of phenols is 1. The van der Waals surface area contributed by atoms with Gasteiger partial charge >= 0.3 is 0 Å². The molecule has 0 atom stereocenters. The first kappa shape index (κ1) is 12.3. The van der Waals surface area contributed by atoms with E-state index in [1.54, 1.807) is 19.1 Å². The molecular formula is C15H13FO2. The van der Waals surface area contributed by atoms with Gasteiger partial charge in [0.1, 0.15) is 11.6 Å². The number of hydrogen-bond acceptors (Lipinski definition) is 2. The summed E-state index contributed by atoms with van der Waals surface area (Å²) in [6.45, 7) is 3.18. The van der Waals surface area contributed by atoms with Crippen molar-refractivity contribution in [3.8, 4) is 16.9 Å². The van der Waals surface area contributed by atoms with Crippen LogP contribution in [0.2, 0.25) is 0 Å². The number of carbonyl (C=O) groups is 1. The molecule has 0 bridgehead atoms. The number of aromatic hydroxyl groups is 1. The van der Waals surface area contributed by atoms with Gasteiger partial charge in [-0.15, -0.1) is 0 Å². The van der Waals surface area contributed by atoms with Crippen LogP contribution in [0.5, 0.6) is 5.75 Å². The quantitative estimate of drug-likeness (QED) is 0.818. The molecule has 0 amide bonds. The van der Waals surface area contributed by atoms with Gasteiger partial charge in [0.05, 0.1) is 5.56 Å². The Hall–Kier alpha value is -2.16. The smallest absolute Gasteiger partial charge is 0.163 e. The van der Waals surface area contributed by atoms with Gasteiger partial charge < -0.3 is 5.11 Å². The van der Waals surface area contributed by atoms with Gasteiger partial charge in [0.15, 0.2) is 5.78 Å². The summed E-state index contributed by atoms with van der Waals surface area (Å²) in [6.07, 6.45) is 0. The minimum absolute atomic E-state index is 0.0400. The lowest BCUT2D eigenvalue weighted by Gasteiger charge is -2.09. The number of Topliss-reactive ketones (excluding diaryl/α,β-unsaturated/α-hetero) is 1. The van der Waals surface area contributed by atoms with Crippen molar-refractivity contribution in [1.29, 1.82) is 0 Å². The fourth-order valence-corrected chi connectivity index (χ4v) is 2.04. The largest absolute Gasteiger partial charge is 0.507 e. The molecule has 2 aromatic carbocycles. The normalized spacial score (nSPS) is 10.4. The summed E-state index contributed by atoms with van der Waals surface area (Å²) >= 11 is 0. The fraction of sp³-hybridized carbons (Fsp3) is 0.133. The van der Waals surface area contributed by atoms with Gasteiger partial charge in [-0.05, 0) is 48.7 Å². The van der Waals surface area contributed by atoms with E-state index in [2.05, 4.69) is 0 Å². The summed E-state index contributed by atoms with van der Waals surface area (Å²) < 4.78 is 12.8. The van der Waals surface area contributed by atoms with Crippen LogP contribution in [-0.4, -0.2) is 10.9 Å². The molecule has 92 valence electrons. The summed E-state index contributed by atoms with van der Waals surface area (Å²) in [6, 6.07) is 9.33. The van der Waals surface area contributed by atoms with Crippen molar-refractivity contribution in [2.24, 2.45) is 0 Å². The van der Waals surface area contributed by atoms with Gasteiger partial charge in [-0.2, -0.15) is 0 Å². The molecule has 0 heterocycles. The molecule has 0 aromatic heterocycles.